The summed E-state index contributed by atoms with van der Waals surface area (Å²) < 4.78 is 5.02. The van der Waals surface area contributed by atoms with Crippen molar-refractivity contribution < 1.29 is 9.53 Å². The summed E-state index contributed by atoms with van der Waals surface area (Å²) in [5, 5.41) is 4.25. The first kappa shape index (κ1) is 25.4. The maximum atomic E-state index is 12.4. The summed E-state index contributed by atoms with van der Waals surface area (Å²) in [5.41, 5.74) is 2.27. The number of benzene rings is 2. The van der Waals surface area contributed by atoms with Crippen molar-refractivity contribution in [2.45, 2.75) is 37.9 Å². The Labute approximate surface area is 212 Å². The van der Waals surface area contributed by atoms with Crippen LogP contribution in [0.1, 0.15) is 25.2 Å². The van der Waals surface area contributed by atoms with Crippen LogP contribution in [0.3, 0.4) is 0 Å². The van der Waals surface area contributed by atoms with Gasteiger partial charge in [0.25, 0.3) is 0 Å². The topological polar surface area (TPSA) is 70.6 Å². The van der Waals surface area contributed by atoms with Gasteiger partial charge in [0, 0.05) is 43.0 Å². The van der Waals surface area contributed by atoms with Gasteiger partial charge in [0.15, 0.2) is 0 Å². The van der Waals surface area contributed by atoms with E-state index in [1.807, 2.05) is 49.9 Å². The summed E-state index contributed by atoms with van der Waals surface area (Å²) in [6.07, 6.45) is 2.14. The molecule has 8 heteroatoms. The molecule has 186 valence electrons. The third kappa shape index (κ3) is 6.31. The molecule has 1 aliphatic rings. The van der Waals surface area contributed by atoms with E-state index < -0.39 is 6.04 Å². The van der Waals surface area contributed by atoms with Gasteiger partial charge in [-0.25, -0.2) is 14.8 Å². The predicted molar refractivity (Wildman–Crippen MR) is 143 cm³/mol. The SMILES string of the molecule is COC(=O)[C@@H](Nc1nc(CN2CCN(Cc3ccccc3SC)CC2)nc2ccccc12)C(C)C. The number of thioether (sulfide) groups is 1. The molecule has 1 saturated heterocycles. The number of para-hydroxylation sites is 1. The normalized spacial score (nSPS) is 15.9. The van der Waals surface area contributed by atoms with E-state index in [-0.39, 0.29) is 11.9 Å². The van der Waals surface area contributed by atoms with Crippen molar-refractivity contribution in [1.29, 1.82) is 0 Å². The molecular formula is C27H35N5O2S. The van der Waals surface area contributed by atoms with Crippen molar-refractivity contribution in [2.75, 3.05) is 44.9 Å². The van der Waals surface area contributed by atoms with E-state index in [1.54, 1.807) is 0 Å². The summed E-state index contributed by atoms with van der Waals surface area (Å²) in [5.74, 6) is 1.22. The van der Waals surface area contributed by atoms with E-state index >= 15 is 0 Å². The third-order valence-electron chi connectivity index (χ3n) is 6.48. The Balaban J connectivity index is 1.45. The minimum atomic E-state index is -0.473. The first-order valence-electron chi connectivity index (χ1n) is 12.1. The number of methoxy groups -OCH3 is 1. The number of carbonyl (C=O) groups excluding carboxylic acids is 1. The molecule has 0 saturated carbocycles. The van der Waals surface area contributed by atoms with Gasteiger partial charge in [-0.15, -0.1) is 11.8 Å². The zero-order valence-corrected chi connectivity index (χ0v) is 21.8. The average molecular weight is 494 g/mol. The summed E-state index contributed by atoms with van der Waals surface area (Å²) >= 11 is 1.81. The Kier molecular flexibility index (Phi) is 8.59. The van der Waals surface area contributed by atoms with Gasteiger partial charge >= 0.3 is 5.97 Å². The number of hydrogen-bond acceptors (Lipinski definition) is 8. The smallest absolute Gasteiger partial charge is 0.328 e. The van der Waals surface area contributed by atoms with E-state index in [1.165, 1.54) is 17.6 Å². The highest BCUT2D eigenvalue weighted by molar-refractivity contribution is 7.98. The Morgan fingerprint density at radius 3 is 2.34 bits per heavy atom. The Bertz CT molecular complexity index is 1150. The molecule has 1 atom stereocenters. The van der Waals surface area contributed by atoms with Crippen molar-refractivity contribution in [2.24, 2.45) is 5.92 Å². The Morgan fingerprint density at radius 1 is 1.00 bits per heavy atom. The molecule has 0 bridgehead atoms. The fourth-order valence-electron chi connectivity index (χ4n) is 4.46. The van der Waals surface area contributed by atoms with Crippen LogP contribution in [0.15, 0.2) is 53.4 Å². The number of esters is 1. The monoisotopic (exact) mass is 493 g/mol. The minimum Gasteiger partial charge on any atom is -0.467 e. The Morgan fingerprint density at radius 2 is 1.66 bits per heavy atom. The molecule has 3 aromatic rings. The number of hydrogen-bond donors (Lipinski definition) is 1. The van der Waals surface area contributed by atoms with Crippen molar-refractivity contribution >= 4 is 34.5 Å². The number of carbonyl (C=O) groups is 1. The molecule has 7 nitrogen and oxygen atoms in total. The predicted octanol–water partition coefficient (Wildman–Crippen LogP) is 4.28. The van der Waals surface area contributed by atoms with E-state index in [2.05, 4.69) is 45.6 Å². The number of ether oxygens (including phenoxy) is 1. The summed E-state index contributed by atoms with van der Waals surface area (Å²) in [6, 6.07) is 16.1. The molecule has 0 unspecified atom stereocenters. The fourth-order valence-corrected chi connectivity index (χ4v) is 5.07. The number of nitrogens with zero attached hydrogens (tertiary/aromatic N) is 4. The fraction of sp³-hybridized carbons (Fsp3) is 0.444. The molecule has 1 aromatic heterocycles. The molecular weight excluding hydrogens is 458 g/mol. The summed E-state index contributed by atoms with van der Waals surface area (Å²) in [4.78, 5) is 28.3. The maximum Gasteiger partial charge on any atom is 0.328 e. The van der Waals surface area contributed by atoms with Gasteiger partial charge in [-0.3, -0.25) is 9.80 Å². The van der Waals surface area contributed by atoms with Gasteiger partial charge in [-0.1, -0.05) is 44.2 Å². The molecule has 2 heterocycles. The van der Waals surface area contributed by atoms with Crippen LogP contribution in [-0.4, -0.2) is 71.3 Å². The summed E-state index contributed by atoms with van der Waals surface area (Å²) in [6.45, 7) is 9.62. The highest BCUT2D eigenvalue weighted by atomic mass is 32.2. The molecule has 1 aliphatic heterocycles. The van der Waals surface area contributed by atoms with Gasteiger partial charge in [-0.2, -0.15) is 0 Å². The van der Waals surface area contributed by atoms with Gasteiger partial charge in [0.05, 0.1) is 19.2 Å². The van der Waals surface area contributed by atoms with Gasteiger partial charge < -0.3 is 10.1 Å². The lowest BCUT2D eigenvalue weighted by atomic mass is 10.0. The second-order valence-electron chi connectivity index (χ2n) is 9.26. The van der Waals surface area contributed by atoms with Crippen LogP contribution in [0.25, 0.3) is 10.9 Å². The lowest BCUT2D eigenvalue weighted by Crippen LogP contribution is -2.45. The lowest BCUT2D eigenvalue weighted by Gasteiger charge is -2.34. The molecule has 0 aliphatic carbocycles. The number of rotatable bonds is 9. The van der Waals surface area contributed by atoms with Crippen LogP contribution >= 0.6 is 11.8 Å². The van der Waals surface area contributed by atoms with Crippen molar-refractivity contribution in [3.05, 3.63) is 59.9 Å². The highest BCUT2D eigenvalue weighted by Crippen LogP contribution is 2.24. The lowest BCUT2D eigenvalue weighted by molar-refractivity contribution is -0.142. The average Bonchev–Trinajstić information content (AvgIpc) is 2.88. The second-order valence-corrected chi connectivity index (χ2v) is 10.1. The van der Waals surface area contributed by atoms with E-state index in [9.17, 15) is 4.79 Å². The number of anilines is 1. The number of piperazine rings is 1. The van der Waals surface area contributed by atoms with Crippen molar-refractivity contribution in [3.8, 4) is 0 Å². The maximum absolute atomic E-state index is 12.4. The van der Waals surface area contributed by atoms with E-state index in [4.69, 9.17) is 14.7 Å². The van der Waals surface area contributed by atoms with Crippen LogP contribution in [0, 0.1) is 5.92 Å². The highest BCUT2D eigenvalue weighted by Gasteiger charge is 2.25. The van der Waals surface area contributed by atoms with Gasteiger partial charge in [-0.05, 0) is 35.9 Å². The zero-order valence-electron chi connectivity index (χ0n) is 21.0. The van der Waals surface area contributed by atoms with Gasteiger partial charge in [0.2, 0.25) is 0 Å². The largest absolute Gasteiger partial charge is 0.467 e. The van der Waals surface area contributed by atoms with Crippen LogP contribution in [0.4, 0.5) is 5.82 Å². The van der Waals surface area contributed by atoms with E-state index in [0.29, 0.717) is 12.4 Å². The molecule has 0 radical (unpaired) electrons. The van der Waals surface area contributed by atoms with Crippen molar-refractivity contribution in [3.63, 3.8) is 0 Å². The molecule has 35 heavy (non-hydrogen) atoms. The van der Waals surface area contributed by atoms with Gasteiger partial charge in [0.1, 0.15) is 17.7 Å². The van der Waals surface area contributed by atoms with Crippen LogP contribution < -0.4 is 5.32 Å². The molecule has 1 N–H and O–H groups in total. The molecule has 4 rings (SSSR count). The number of nitrogens with one attached hydrogen (secondary N) is 1. The number of aromatic nitrogens is 2. The quantitative estimate of drug-likeness (QED) is 0.350. The van der Waals surface area contributed by atoms with Crippen LogP contribution in [0.5, 0.6) is 0 Å². The van der Waals surface area contributed by atoms with Crippen molar-refractivity contribution in [1.82, 2.24) is 19.8 Å². The first-order chi connectivity index (χ1) is 17.0. The third-order valence-corrected chi connectivity index (χ3v) is 7.32. The molecule has 1 fully saturated rings. The standard InChI is InChI=1S/C27H35N5O2S/c1-19(2)25(27(33)34-3)30-26-21-10-6-7-11-22(21)28-24(29-26)18-32-15-13-31(14-16-32)17-20-9-5-8-12-23(20)35-4/h5-12,19,25H,13-18H2,1-4H3,(H,28,29,30)/t25-/m0/s1. The molecule has 0 amide bonds. The second kappa shape index (κ2) is 11.8. The first-order valence-corrected chi connectivity index (χ1v) is 13.4. The van der Waals surface area contributed by atoms with Crippen LogP contribution in [-0.2, 0) is 22.6 Å². The summed E-state index contributed by atoms with van der Waals surface area (Å²) in [7, 11) is 1.42. The molecule has 2 aromatic carbocycles. The number of fused-ring (bicyclic) bond motifs is 1. The zero-order chi connectivity index (χ0) is 24.8. The van der Waals surface area contributed by atoms with Crippen LogP contribution in [0.2, 0.25) is 0 Å². The molecule has 0 spiro atoms. The Hall–Kier alpha value is -2.68. The van der Waals surface area contributed by atoms with E-state index in [0.717, 1.165) is 49.5 Å². The minimum absolute atomic E-state index is 0.0592.